The zero-order chi connectivity index (χ0) is 20.5. The Morgan fingerprint density at radius 2 is 2.07 bits per heavy atom. The Morgan fingerprint density at radius 3 is 2.76 bits per heavy atom. The molecule has 2 heterocycles. The zero-order valence-electron chi connectivity index (χ0n) is 16.2. The molecule has 0 bridgehead atoms. The molecular formula is C21H21BrN4O3. The summed E-state index contributed by atoms with van der Waals surface area (Å²) in [4.78, 5) is 29.7. The highest BCUT2D eigenvalue weighted by Crippen LogP contribution is 2.40. The first kappa shape index (κ1) is 19.6. The molecule has 1 amide bonds. The van der Waals surface area contributed by atoms with Crippen LogP contribution in [0.1, 0.15) is 54.7 Å². The average molecular weight is 457 g/mol. The third-order valence-corrected chi connectivity index (χ3v) is 5.47. The summed E-state index contributed by atoms with van der Waals surface area (Å²) in [5.41, 5.74) is 2.57. The van der Waals surface area contributed by atoms with Crippen LogP contribution < -0.4 is 5.32 Å². The Morgan fingerprint density at radius 1 is 1.31 bits per heavy atom. The molecule has 0 radical (unpaired) electrons. The Kier molecular flexibility index (Phi) is 5.36. The van der Waals surface area contributed by atoms with E-state index in [1.54, 1.807) is 23.0 Å². The Hall–Kier alpha value is -2.74. The number of anilines is 1. The number of rotatable bonds is 6. The summed E-state index contributed by atoms with van der Waals surface area (Å²) in [6.45, 7) is 3.66. The number of hydrogen-bond donors (Lipinski definition) is 1. The molecule has 0 unspecified atom stereocenters. The van der Waals surface area contributed by atoms with E-state index in [1.807, 2.05) is 32.0 Å². The van der Waals surface area contributed by atoms with E-state index < -0.39 is 11.9 Å². The molecule has 1 N–H and O–H groups in total. The Balaban J connectivity index is 1.53. The van der Waals surface area contributed by atoms with Crippen LogP contribution in [-0.4, -0.2) is 33.2 Å². The van der Waals surface area contributed by atoms with Crippen LogP contribution >= 0.6 is 15.9 Å². The van der Waals surface area contributed by atoms with Crippen molar-refractivity contribution >= 4 is 44.5 Å². The van der Waals surface area contributed by atoms with Crippen molar-refractivity contribution in [3.8, 4) is 0 Å². The Bertz CT molecular complexity index is 1090. The predicted molar refractivity (Wildman–Crippen MR) is 113 cm³/mol. The molecule has 29 heavy (non-hydrogen) atoms. The van der Waals surface area contributed by atoms with Crippen LogP contribution in [0.15, 0.2) is 41.0 Å². The molecule has 150 valence electrons. The number of hydrogen-bond acceptors (Lipinski definition) is 5. The van der Waals surface area contributed by atoms with E-state index in [-0.39, 0.29) is 12.6 Å². The monoisotopic (exact) mass is 456 g/mol. The fourth-order valence-corrected chi connectivity index (χ4v) is 3.51. The number of fused-ring (bicyclic) bond motifs is 1. The van der Waals surface area contributed by atoms with Gasteiger partial charge in [-0.3, -0.25) is 4.79 Å². The van der Waals surface area contributed by atoms with Gasteiger partial charge in [0.25, 0.3) is 5.91 Å². The minimum Gasteiger partial charge on any atom is -0.452 e. The van der Waals surface area contributed by atoms with E-state index in [1.165, 1.54) is 0 Å². The molecule has 1 aromatic carbocycles. The summed E-state index contributed by atoms with van der Waals surface area (Å²) < 4.78 is 7.86. The summed E-state index contributed by atoms with van der Waals surface area (Å²) >= 11 is 3.37. The van der Waals surface area contributed by atoms with Crippen LogP contribution in [0.25, 0.3) is 11.0 Å². The molecule has 2 aromatic heterocycles. The lowest BCUT2D eigenvalue weighted by molar-refractivity contribution is -0.119. The van der Waals surface area contributed by atoms with Crippen LogP contribution in [0.4, 0.5) is 5.69 Å². The zero-order valence-corrected chi connectivity index (χ0v) is 17.8. The molecule has 0 aliphatic heterocycles. The number of aromatic nitrogens is 3. The van der Waals surface area contributed by atoms with Crippen molar-refractivity contribution in [2.75, 3.05) is 11.9 Å². The summed E-state index contributed by atoms with van der Waals surface area (Å²) in [5.74, 6) is -0.582. The number of para-hydroxylation sites is 1. The topological polar surface area (TPSA) is 86.1 Å². The molecule has 1 saturated carbocycles. The highest BCUT2D eigenvalue weighted by Gasteiger charge is 2.28. The highest BCUT2D eigenvalue weighted by molar-refractivity contribution is 9.10. The van der Waals surface area contributed by atoms with Crippen molar-refractivity contribution in [1.29, 1.82) is 0 Å². The third kappa shape index (κ3) is 4.17. The maximum Gasteiger partial charge on any atom is 0.339 e. The maximum atomic E-state index is 12.8. The standard InChI is InChI=1S/C21H21BrN4O3/c1-12(2)26-20-15(10-23-26)14(9-18(25-20)13-7-8-13)21(28)29-11-19(27)24-17-6-4-3-5-16(17)22/h3-6,9-10,12-13H,7-8,11H2,1-2H3,(H,24,27). The van der Waals surface area contributed by atoms with Crippen molar-refractivity contribution in [2.45, 2.75) is 38.6 Å². The third-order valence-electron chi connectivity index (χ3n) is 4.77. The van der Waals surface area contributed by atoms with Crippen molar-refractivity contribution in [2.24, 2.45) is 0 Å². The number of nitrogens with zero attached hydrogens (tertiary/aromatic N) is 3. The number of nitrogens with one attached hydrogen (secondary N) is 1. The molecule has 3 aromatic rings. The van der Waals surface area contributed by atoms with Gasteiger partial charge >= 0.3 is 5.97 Å². The minimum absolute atomic E-state index is 0.119. The van der Waals surface area contributed by atoms with E-state index in [0.717, 1.165) is 23.0 Å². The minimum atomic E-state index is -0.551. The van der Waals surface area contributed by atoms with Crippen molar-refractivity contribution in [1.82, 2.24) is 14.8 Å². The van der Waals surface area contributed by atoms with Crippen molar-refractivity contribution < 1.29 is 14.3 Å². The molecule has 1 fully saturated rings. The van der Waals surface area contributed by atoms with Gasteiger partial charge in [0, 0.05) is 22.1 Å². The number of carbonyl (C=O) groups is 2. The Labute approximate surface area is 176 Å². The van der Waals surface area contributed by atoms with Crippen LogP contribution in [0.2, 0.25) is 0 Å². The molecule has 4 rings (SSSR count). The second kappa shape index (κ2) is 7.94. The van der Waals surface area contributed by atoms with Gasteiger partial charge in [0.15, 0.2) is 12.3 Å². The van der Waals surface area contributed by atoms with Gasteiger partial charge in [0.1, 0.15) is 0 Å². The number of carbonyl (C=O) groups excluding carboxylic acids is 2. The highest BCUT2D eigenvalue weighted by atomic mass is 79.9. The summed E-state index contributed by atoms with van der Waals surface area (Å²) in [5, 5.41) is 7.74. The summed E-state index contributed by atoms with van der Waals surface area (Å²) in [6, 6.07) is 9.14. The largest absolute Gasteiger partial charge is 0.452 e. The van der Waals surface area contributed by atoms with Gasteiger partial charge in [-0.05, 0) is 60.8 Å². The maximum absolute atomic E-state index is 12.8. The first-order valence-electron chi connectivity index (χ1n) is 9.53. The van der Waals surface area contributed by atoms with Crippen LogP contribution in [0, 0.1) is 0 Å². The first-order chi connectivity index (χ1) is 13.9. The molecular weight excluding hydrogens is 436 g/mol. The van der Waals surface area contributed by atoms with Crippen molar-refractivity contribution in [3.63, 3.8) is 0 Å². The van der Waals surface area contributed by atoms with E-state index in [9.17, 15) is 9.59 Å². The van der Waals surface area contributed by atoms with E-state index in [0.29, 0.717) is 28.2 Å². The van der Waals surface area contributed by atoms with Gasteiger partial charge in [-0.2, -0.15) is 5.10 Å². The second-order valence-electron chi connectivity index (χ2n) is 7.39. The van der Waals surface area contributed by atoms with E-state index in [2.05, 4.69) is 26.3 Å². The molecule has 8 heteroatoms. The normalized spacial score (nSPS) is 13.7. The lowest BCUT2D eigenvalue weighted by atomic mass is 10.1. The van der Waals surface area contributed by atoms with E-state index in [4.69, 9.17) is 9.72 Å². The van der Waals surface area contributed by atoms with Gasteiger partial charge in [0.05, 0.1) is 22.8 Å². The van der Waals surface area contributed by atoms with Crippen LogP contribution in [0.5, 0.6) is 0 Å². The van der Waals surface area contributed by atoms with Gasteiger partial charge in [-0.25, -0.2) is 14.5 Å². The number of benzene rings is 1. The second-order valence-corrected chi connectivity index (χ2v) is 8.25. The fourth-order valence-electron chi connectivity index (χ4n) is 3.13. The molecule has 0 atom stereocenters. The lowest BCUT2D eigenvalue weighted by Gasteiger charge is -2.11. The molecule has 7 nitrogen and oxygen atoms in total. The number of pyridine rings is 1. The van der Waals surface area contributed by atoms with Crippen molar-refractivity contribution in [3.05, 3.63) is 52.3 Å². The van der Waals surface area contributed by atoms with Gasteiger partial charge in [0.2, 0.25) is 0 Å². The van der Waals surface area contributed by atoms with E-state index >= 15 is 0 Å². The lowest BCUT2D eigenvalue weighted by Crippen LogP contribution is -2.21. The SMILES string of the molecule is CC(C)n1ncc2c(C(=O)OCC(=O)Nc3ccccc3Br)cc(C3CC3)nc21. The fraction of sp³-hybridized carbons (Fsp3) is 0.333. The van der Waals surface area contributed by atoms with Crippen LogP contribution in [0.3, 0.4) is 0 Å². The first-order valence-corrected chi connectivity index (χ1v) is 10.3. The number of halogens is 1. The predicted octanol–water partition coefficient (Wildman–Crippen LogP) is 4.45. The average Bonchev–Trinajstić information content (AvgIpc) is 3.46. The molecule has 0 spiro atoms. The smallest absolute Gasteiger partial charge is 0.339 e. The number of amides is 1. The molecule has 1 aliphatic carbocycles. The molecule has 1 aliphatic rings. The van der Waals surface area contributed by atoms with Crippen LogP contribution in [-0.2, 0) is 9.53 Å². The van der Waals surface area contributed by atoms with Gasteiger partial charge < -0.3 is 10.1 Å². The molecule has 0 saturated heterocycles. The summed E-state index contributed by atoms with van der Waals surface area (Å²) in [6.07, 6.45) is 3.77. The van der Waals surface area contributed by atoms with Gasteiger partial charge in [-0.1, -0.05) is 12.1 Å². The summed E-state index contributed by atoms with van der Waals surface area (Å²) in [7, 11) is 0. The van der Waals surface area contributed by atoms with Gasteiger partial charge in [-0.15, -0.1) is 0 Å². The number of ether oxygens (including phenoxy) is 1. The number of esters is 1. The quantitative estimate of drug-likeness (QED) is 0.553.